The summed E-state index contributed by atoms with van der Waals surface area (Å²) >= 11 is 0. The summed E-state index contributed by atoms with van der Waals surface area (Å²) in [6.45, 7) is 0.966. The molecule has 1 aliphatic rings. The average Bonchev–Trinajstić information content (AvgIpc) is 2.46. The number of hydrogen-bond donors (Lipinski definition) is 1. The van der Waals surface area contributed by atoms with E-state index < -0.39 is 0 Å². The van der Waals surface area contributed by atoms with Gasteiger partial charge in [-0.3, -0.25) is 9.58 Å². The molecule has 0 radical (unpaired) electrons. The average molecular weight is 194 g/mol. The molecule has 1 saturated carbocycles. The first-order valence-corrected chi connectivity index (χ1v) is 5.09. The molecule has 0 saturated heterocycles. The summed E-state index contributed by atoms with van der Waals surface area (Å²) in [5, 5.41) is 4.15. The van der Waals surface area contributed by atoms with Crippen molar-refractivity contribution in [1.29, 1.82) is 0 Å². The lowest BCUT2D eigenvalue weighted by atomic mass is 9.86. The van der Waals surface area contributed by atoms with Gasteiger partial charge in [0.25, 0.3) is 0 Å². The van der Waals surface area contributed by atoms with Gasteiger partial charge in [0.15, 0.2) is 0 Å². The summed E-state index contributed by atoms with van der Waals surface area (Å²) in [6, 6.07) is 3.16. The van der Waals surface area contributed by atoms with Crippen molar-refractivity contribution < 1.29 is 0 Å². The van der Waals surface area contributed by atoms with E-state index in [0.717, 1.165) is 19.4 Å². The molecule has 78 valence electrons. The lowest BCUT2D eigenvalue weighted by molar-refractivity contribution is 0.130. The maximum atomic E-state index is 5.77. The number of nitrogens with two attached hydrogens (primary N) is 1. The minimum absolute atomic E-state index is 0.425. The molecule has 1 aliphatic carbocycles. The zero-order chi connectivity index (χ0) is 10.1. The van der Waals surface area contributed by atoms with Gasteiger partial charge < -0.3 is 5.73 Å². The Morgan fingerprint density at radius 2 is 2.36 bits per heavy atom. The zero-order valence-corrected chi connectivity index (χ0v) is 8.85. The van der Waals surface area contributed by atoms with Crippen LogP contribution >= 0.6 is 0 Å². The first-order valence-electron chi connectivity index (χ1n) is 5.09. The van der Waals surface area contributed by atoms with Crippen molar-refractivity contribution in [3.63, 3.8) is 0 Å². The normalized spacial score (nSPS) is 26.6. The molecule has 0 aromatic carbocycles. The van der Waals surface area contributed by atoms with Crippen LogP contribution in [0, 0.1) is 0 Å². The van der Waals surface area contributed by atoms with E-state index in [1.165, 1.54) is 5.69 Å². The smallest absolute Gasteiger partial charge is 0.0521 e. The molecule has 4 nitrogen and oxygen atoms in total. The van der Waals surface area contributed by atoms with Crippen molar-refractivity contribution in [2.75, 3.05) is 7.05 Å². The minimum atomic E-state index is 0.425. The zero-order valence-electron chi connectivity index (χ0n) is 8.85. The van der Waals surface area contributed by atoms with E-state index in [2.05, 4.69) is 23.1 Å². The monoisotopic (exact) mass is 194 g/mol. The van der Waals surface area contributed by atoms with Crippen LogP contribution in [0.3, 0.4) is 0 Å². The molecule has 1 aromatic heterocycles. The van der Waals surface area contributed by atoms with Crippen LogP contribution in [0.5, 0.6) is 0 Å². The van der Waals surface area contributed by atoms with Crippen molar-refractivity contribution >= 4 is 0 Å². The van der Waals surface area contributed by atoms with Gasteiger partial charge in [-0.05, 0) is 26.0 Å². The third-order valence-electron chi connectivity index (χ3n) is 3.11. The Labute approximate surface area is 84.7 Å². The molecule has 0 bridgehead atoms. The first kappa shape index (κ1) is 9.68. The number of hydrogen-bond acceptors (Lipinski definition) is 3. The summed E-state index contributed by atoms with van der Waals surface area (Å²) in [4.78, 5) is 2.36. The quantitative estimate of drug-likeness (QED) is 0.755. The van der Waals surface area contributed by atoms with Crippen LogP contribution < -0.4 is 5.73 Å². The first-order chi connectivity index (χ1) is 6.66. The highest BCUT2D eigenvalue weighted by atomic mass is 15.3. The van der Waals surface area contributed by atoms with Crippen LogP contribution in [-0.2, 0) is 13.6 Å². The van der Waals surface area contributed by atoms with Crippen molar-refractivity contribution in [3.05, 3.63) is 18.0 Å². The molecular formula is C10H18N4. The van der Waals surface area contributed by atoms with Gasteiger partial charge in [0.1, 0.15) is 0 Å². The molecule has 1 aromatic rings. The molecule has 14 heavy (non-hydrogen) atoms. The van der Waals surface area contributed by atoms with E-state index in [1.54, 1.807) is 0 Å². The second kappa shape index (κ2) is 3.71. The van der Waals surface area contributed by atoms with Gasteiger partial charge in [0.2, 0.25) is 0 Å². The minimum Gasteiger partial charge on any atom is -0.328 e. The lowest BCUT2D eigenvalue weighted by Gasteiger charge is -2.39. The van der Waals surface area contributed by atoms with Gasteiger partial charge >= 0.3 is 0 Å². The van der Waals surface area contributed by atoms with Crippen molar-refractivity contribution in [3.8, 4) is 0 Å². The predicted molar refractivity (Wildman–Crippen MR) is 55.7 cm³/mol. The molecule has 0 atom stereocenters. The highest BCUT2D eigenvalue weighted by Crippen LogP contribution is 2.23. The van der Waals surface area contributed by atoms with Crippen LogP contribution in [0.15, 0.2) is 12.3 Å². The Morgan fingerprint density at radius 3 is 2.86 bits per heavy atom. The topological polar surface area (TPSA) is 47.1 Å². The molecule has 0 amide bonds. The molecule has 2 rings (SSSR count). The maximum absolute atomic E-state index is 5.77. The molecular weight excluding hydrogens is 176 g/mol. The van der Waals surface area contributed by atoms with Crippen molar-refractivity contribution in [2.45, 2.75) is 31.5 Å². The van der Waals surface area contributed by atoms with E-state index in [9.17, 15) is 0 Å². The summed E-state index contributed by atoms with van der Waals surface area (Å²) in [5.74, 6) is 0. The summed E-state index contributed by atoms with van der Waals surface area (Å²) in [5.41, 5.74) is 7.02. The maximum Gasteiger partial charge on any atom is 0.0521 e. The number of nitrogens with zero attached hydrogens (tertiary/aromatic N) is 3. The van der Waals surface area contributed by atoms with Gasteiger partial charge in [-0.15, -0.1) is 0 Å². The predicted octanol–water partition coefficient (Wildman–Crippen LogP) is 0.342. The highest BCUT2D eigenvalue weighted by Gasteiger charge is 2.29. The van der Waals surface area contributed by atoms with E-state index in [1.807, 2.05) is 17.9 Å². The van der Waals surface area contributed by atoms with Crippen LogP contribution in [0.4, 0.5) is 0 Å². The standard InChI is InChI=1S/C10H18N4/c1-13(10-5-8(11)6-10)7-9-3-4-12-14(9)2/h3-4,8,10H,5-7,11H2,1-2H3. The summed E-state index contributed by atoms with van der Waals surface area (Å²) < 4.78 is 1.93. The fourth-order valence-electron chi connectivity index (χ4n) is 1.93. The Morgan fingerprint density at radius 1 is 1.64 bits per heavy atom. The van der Waals surface area contributed by atoms with Gasteiger partial charge in [-0.1, -0.05) is 0 Å². The second-order valence-corrected chi connectivity index (χ2v) is 4.25. The fourth-order valence-corrected chi connectivity index (χ4v) is 1.93. The molecule has 0 aliphatic heterocycles. The molecule has 0 spiro atoms. The number of aromatic nitrogens is 2. The Bertz CT molecular complexity index is 301. The van der Waals surface area contributed by atoms with E-state index in [0.29, 0.717) is 12.1 Å². The summed E-state index contributed by atoms with van der Waals surface area (Å²) in [7, 11) is 4.14. The third kappa shape index (κ3) is 1.81. The SMILES string of the molecule is CN(Cc1ccnn1C)C1CC(N)C1. The Hall–Kier alpha value is -0.870. The van der Waals surface area contributed by atoms with E-state index in [4.69, 9.17) is 5.73 Å². The molecule has 4 heteroatoms. The molecule has 1 fully saturated rings. The van der Waals surface area contributed by atoms with Crippen LogP contribution in [0.1, 0.15) is 18.5 Å². The lowest BCUT2D eigenvalue weighted by Crippen LogP contribution is -2.48. The third-order valence-corrected chi connectivity index (χ3v) is 3.11. The summed E-state index contributed by atoms with van der Waals surface area (Å²) in [6.07, 6.45) is 4.11. The Kier molecular flexibility index (Phi) is 2.56. The van der Waals surface area contributed by atoms with Crippen molar-refractivity contribution in [2.24, 2.45) is 12.8 Å². The van der Waals surface area contributed by atoms with Crippen molar-refractivity contribution in [1.82, 2.24) is 14.7 Å². The van der Waals surface area contributed by atoms with Gasteiger partial charge in [-0.2, -0.15) is 5.10 Å². The van der Waals surface area contributed by atoms with Crippen LogP contribution in [0.25, 0.3) is 0 Å². The van der Waals surface area contributed by atoms with Crippen LogP contribution in [0.2, 0.25) is 0 Å². The molecule has 1 heterocycles. The number of rotatable bonds is 3. The second-order valence-electron chi connectivity index (χ2n) is 4.25. The van der Waals surface area contributed by atoms with E-state index >= 15 is 0 Å². The largest absolute Gasteiger partial charge is 0.328 e. The molecule has 0 unspecified atom stereocenters. The Balaban J connectivity index is 1.89. The van der Waals surface area contributed by atoms with Crippen LogP contribution in [-0.4, -0.2) is 33.8 Å². The number of aryl methyl sites for hydroxylation is 1. The van der Waals surface area contributed by atoms with E-state index in [-0.39, 0.29) is 0 Å². The van der Waals surface area contributed by atoms with Gasteiger partial charge in [0.05, 0.1) is 5.69 Å². The van der Waals surface area contributed by atoms with Gasteiger partial charge in [0, 0.05) is 31.9 Å². The fraction of sp³-hybridized carbons (Fsp3) is 0.700. The molecule has 2 N–H and O–H groups in total. The highest BCUT2D eigenvalue weighted by molar-refractivity contribution is 5.01. The van der Waals surface area contributed by atoms with Gasteiger partial charge in [-0.25, -0.2) is 0 Å².